The van der Waals surface area contributed by atoms with Gasteiger partial charge in [0.05, 0.1) is 17.7 Å². The van der Waals surface area contributed by atoms with Crippen LogP contribution in [0, 0.1) is 19.7 Å². The van der Waals surface area contributed by atoms with Crippen molar-refractivity contribution in [3.8, 4) is 11.5 Å². The largest absolute Gasteiger partial charge is 0.380 e. The minimum absolute atomic E-state index is 0.146. The van der Waals surface area contributed by atoms with Crippen LogP contribution in [-0.2, 0) is 4.74 Å². The van der Waals surface area contributed by atoms with Gasteiger partial charge in [0.2, 0.25) is 0 Å². The summed E-state index contributed by atoms with van der Waals surface area (Å²) in [6.45, 7) is 7.31. The maximum absolute atomic E-state index is 14.9. The summed E-state index contributed by atoms with van der Waals surface area (Å²) < 4.78 is 26.2. The Morgan fingerprint density at radius 1 is 1.03 bits per heavy atom. The normalized spacial score (nSPS) is 22.0. The Morgan fingerprint density at radius 3 is 2.53 bits per heavy atom. The van der Waals surface area contributed by atoms with Gasteiger partial charge in [-0.2, -0.15) is 4.98 Å². The van der Waals surface area contributed by atoms with Crippen LogP contribution in [-0.4, -0.2) is 53.5 Å². The van der Waals surface area contributed by atoms with Crippen LogP contribution in [0.2, 0.25) is 0 Å². The number of ether oxygens (including phenoxy) is 1. The Hall–Kier alpha value is -2.58. The molecule has 8 heteroatoms. The maximum Gasteiger partial charge on any atom is 0.261 e. The highest BCUT2D eigenvalue weighted by Gasteiger charge is 2.30. The number of halogens is 1. The highest BCUT2D eigenvalue weighted by Crippen LogP contribution is 2.44. The molecule has 3 aromatic rings. The first-order valence-corrected chi connectivity index (χ1v) is 12.6. The molecule has 2 saturated heterocycles. The van der Waals surface area contributed by atoms with Gasteiger partial charge in [-0.05, 0) is 75.5 Å². The number of pyridine rings is 1. The molecule has 7 nitrogen and oxygen atoms in total. The zero-order valence-corrected chi connectivity index (χ0v) is 19.9. The topological polar surface area (TPSA) is 76.3 Å². The quantitative estimate of drug-likeness (QED) is 0.587. The summed E-state index contributed by atoms with van der Waals surface area (Å²) in [5, 5.41) is 8.79. The maximum atomic E-state index is 14.9. The lowest BCUT2D eigenvalue weighted by Gasteiger charge is -2.36. The van der Waals surface area contributed by atoms with Gasteiger partial charge in [-0.1, -0.05) is 5.16 Å². The predicted octanol–water partition coefficient (Wildman–Crippen LogP) is 4.66. The van der Waals surface area contributed by atoms with Crippen LogP contribution in [0.3, 0.4) is 0 Å². The third-order valence-electron chi connectivity index (χ3n) is 7.53. The van der Waals surface area contributed by atoms with Gasteiger partial charge in [-0.3, -0.25) is 0 Å². The van der Waals surface area contributed by atoms with E-state index in [1.165, 1.54) is 6.42 Å². The predicted molar refractivity (Wildman–Crippen MR) is 129 cm³/mol. The van der Waals surface area contributed by atoms with E-state index in [0.717, 1.165) is 86.3 Å². The molecule has 6 rings (SSSR count). The number of hydrogen-bond donors (Lipinski definition) is 1. The second kappa shape index (κ2) is 8.89. The monoisotopic (exact) mass is 465 g/mol. The zero-order valence-electron chi connectivity index (χ0n) is 19.9. The molecule has 2 aromatic heterocycles. The van der Waals surface area contributed by atoms with Gasteiger partial charge >= 0.3 is 0 Å². The van der Waals surface area contributed by atoms with Gasteiger partial charge in [-0.25, -0.2) is 9.37 Å². The van der Waals surface area contributed by atoms with Crippen molar-refractivity contribution in [3.63, 3.8) is 0 Å². The summed E-state index contributed by atoms with van der Waals surface area (Å²) in [6.07, 6.45) is 6.46. The highest BCUT2D eigenvalue weighted by atomic mass is 19.1. The van der Waals surface area contributed by atoms with E-state index in [2.05, 4.69) is 27.3 Å². The minimum atomic E-state index is -0.146. The third-order valence-corrected chi connectivity index (χ3v) is 7.53. The number of fused-ring (bicyclic) bond motifs is 1. The number of anilines is 1. The summed E-state index contributed by atoms with van der Waals surface area (Å²) >= 11 is 0. The van der Waals surface area contributed by atoms with Gasteiger partial charge in [0.1, 0.15) is 11.6 Å². The lowest BCUT2D eigenvalue weighted by atomic mass is 9.97. The van der Waals surface area contributed by atoms with E-state index in [0.29, 0.717) is 35.2 Å². The number of hydrogen-bond acceptors (Lipinski definition) is 7. The molecule has 1 aliphatic carbocycles. The van der Waals surface area contributed by atoms with Crippen molar-refractivity contribution in [1.82, 2.24) is 20.4 Å². The van der Waals surface area contributed by atoms with E-state index >= 15 is 0 Å². The molecular formula is C26H32FN5O2. The van der Waals surface area contributed by atoms with E-state index in [1.54, 1.807) is 6.07 Å². The number of rotatable bonds is 5. The van der Waals surface area contributed by atoms with E-state index in [-0.39, 0.29) is 5.82 Å². The van der Waals surface area contributed by atoms with Crippen molar-refractivity contribution in [2.75, 3.05) is 31.2 Å². The van der Waals surface area contributed by atoms with Crippen molar-refractivity contribution < 1.29 is 13.7 Å². The highest BCUT2D eigenvalue weighted by molar-refractivity contribution is 5.93. The lowest BCUT2D eigenvalue weighted by molar-refractivity contribution is 0.0650. The average molecular weight is 466 g/mol. The molecule has 1 N–H and O–H groups in total. The lowest BCUT2D eigenvalue weighted by Crippen LogP contribution is -2.48. The first-order valence-electron chi connectivity index (χ1n) is 12.6. The molecule has 1 atom stereocenters. The van der Waals surface area contributed by atoms with Gasteiger partial charge in [-0.15, -0.1) is 0 Å². The zero-order chi connectivity index (χ0) is 23.2. The van der Waals surface area contributed by atoms with E-state index in [1.807, 2.05) is 13.0 Å². The standard InChI is InChI=1S/C26H32FN5O2/c1-15-20-12-21(17-5-6-17)22(27)13-23(20)30-25(24(15)26-28-16(2)31-34-26)32-9-7-18(8-10-32)29-19-4-3-11-33-14-19/h12-13,17-19,29H,3-11,14H2,1-2H3/t19-/m0/s1. The molecule has 0 amide bonds. The van der Waals surface area contributed by atoms with Crippen LogP contribution < -0.4 is 10.2 Å². The summed E-state index contributed by atoms with van der Waals surface area (Å²) in [4.78, 5) is 11.8. The molecule has 3 aliphatic rings. The molecule has 1 saturated carbocycles. The van der Waals surface area contributed by atoms with Gasteiger partial charge in [0, 0.05) is 43.2 Å². The van der Waals surface area contributed by atoms with Crippen LogP contribution in [0.4, 0.5) is 10.2 Å². The van der Waals surface area contributed by atoms with Crippen LogP contribution >= 0.6 is 0 Å². The van der Waals surface area contributed by atoms with Crippen molar-refractivity contribution >= 4 is 16.7 Å². The average Bonchev–Trinajstić information content (AvgIpc) is 3.60. The molecule has 0 spiro atoms. The van der Waals surface area contributed by atoms with Crippen LogP contribution in [0.25, 0.3) is 22.4 Å². The Morgan fingerprint density at radius 2 is 1.85 bits per heavy atom. The van der Waals surface area contributed by atoms with Gasteiger partial charge < -0.3 is 19.5 Å². The molecule has 180 valence electrons. The minimum Gasteiger partial charge on any atom is -0.380 e. The second-order valence-electron chi connectivity index (χ2n) is 10.1. The Bertz CT molecular complexity index is 1190. The van der Waals surface area contributed by atoms with Crippen molar-refractivity contribution in [1.29, 1.82) is 0 Å². The fourth-order valence-electron chi connectivity index (χ4n) is 5.50. The molecule has 1 aromatic carbocycles. The van der Waals surface area contributed by atoms with Crippen molar-refractivity contribution in [2.45, 2.75) is 70.4 Å². The SMILES string of the molecule is Cc1noc(-c2c(N3CCC(N[C@H]4CCCOC4)CC3)nc3cc(F)c(C4CC4)cc3c2C)n1. The van der Waals surface area contributed by atoms with Crippen molar-refractivity contribution in [3.05, 3.63) is 34.9 Å². The first-order chi connectivity index (χ1) is 16.6. The number of aromatic nitrogens is 3. The Labute approximate surface area is 199 Å². The number of piperidine rings is 1. The smallest absolute Gasteiger partial charge is 0.261 e. The molecule has 4 heterocycles. The van der Waals surface area contributed by atoms with E-state index in [4.69, 9.17) is 14.2 Å². The van der Waals surface area contributed by atoms with Gasteiger partial charge in [0.15, 0.2) is 5.82 Å². The number of nitrogens with zero attached hydrogens (tertiary/aromatic N) is 4. The number of aryl methyl sites for hydroxylation is 2. The number of nitrogens with one attached hydrogen (secondary N) is 1. The molecular weight excluding hydrogens is 433 g/mol. The Kier molecular flexibility index (Phi) is 5.73. The molecule has 0 radical (unpaired) electrons. The third kappa shape index (κ3) is 4.18. The molecule has 34 heavy (non-hydrogen) atoms. The van der Waals surface area contributed by atoms with Crippen LogP contribution in [0.5, 0.6) is 0 Å². The molecule has 0 bridgehead atoms. The van der Waals surface area contributed by atoms with E-state index in [9.17, 15) is 4.39 Å². The molecule has 0 unspecified atom stereocenters. The summed E-state index contributed by atoms with van der Waals surface area (Å²) in [6, 6.07) is 4.52. The Balaban J connectivity index is 1.33. The summed E-state index contributed by atoms with van der Waals surface area (Å²) in [5.41, 5.74) is 3.38. The fraction of sp³-hybridized carbons (Fsp3) is 0.577. The number of benzene rings is 1. The first kappa shape index (κ1) is 21.9. The second-order valence-corrected chi connectivity index (χ2v) is 10.1. The molecule has 3 fully saturated rings. The van der Waals surface area contributed by atoms with E-state index < -0.39 is 0 Å². The summed E-state index contributed by atoms with van der Waals surface area (Å²) in [7, 11) is 0. The van der Waals surface area contributed by atoms with Gasteiger partial charge in [0.25, 0.3) is 5.89 Å². The summed E-state index contributed by atoms with van der Waals surface area (Å²) in [5.74, 6) is 2.07. The van der Waals surface area contributed by atoms with Crippen LogP contribution in [0.1, 0.15) is 61.4 Å². The van der Waals surface area contributed by atoms with Crippen molar-refractivity contribution in [2.24, 2.45) is 0 Å². The fourth-order valence-corrected chi connectivity index (χ4v) is 5.50. The van der Waals surface area contributed by atoms with Crippen LogP contribution in [0.15, 0.2) is 16.7 Å². The molecule has 2 aliphatic heterocycles.